The van der Waals surface area contributed by atoms with E-state index in [-0.39, 0.29) is 11.6 Å². The second kappa shape index (κ2) is 13.3. The molecule has 9 nitrogen and oxygen atoms in total. The molecule has 0 aliphatic rings. The van der Waals surface area contributed by atoms with Gasteiger partial charge in [-0.1, -0.05) is 42.6 Å². The third kappa shape index (κ3) is 8.28. The summed E-state index contributed by atoms with van der Waals surface area (Å²) in [6.07, 6.45) is 3.03. The zero-order valence-electron chi connectivity index (χ0n) is 18.1. The molecule has 0 aliphatic heterocycles. The highest BCUT2D eigenvalue weighted by Gasteiger charge is 2.13. The first-order valence-corrected chi connectivity index (χ1v) is 10.8. The maximum absolute atomic E-state index is 12.2. The fraction of sp³-hybridized carbons (Fsp3) is 0.273. The molecule has 3 N–H and O–H groups in total. The summed E-state index contributed by atoms with van der Waals surface area (Å²) in [4.78, 5) is 35.5. The molecule has 0 unspecified atom stereocenters. The Kier molecular flexibility index (Phi) is 10.5. The van der Waals surface area contributed by atoms with Crippen molar-refractivity contribution in [2.75, 3.05) is 25.6 Å². The van der Waals surface area contributed by atoms with Crippen molar-refractivity contribution in [2.24, 2.45) is 5.10 Å². The number of ether oxygens (including phenoxy) is 2. The quantitative estimate of drug-likeness (QED) is 0.202. The molecule has 0 radical (unpaired) electrons. The number of hydrogen-bond donors (Lipinski definition) is 3. The zero-order valence-corrected chi connectivity index (χ0v) is 19.6. The summed E-state index contributed by atoms with van der Waals surface area (Å²) in [5.74, 6) is -1.39. The van der Waals surface area contributed by atoms with E-state index in [4.69, 9.17) is 32.7 Å². The lowest BCUT2D eigenvalue weighted by atomic mass is 10.2. The van der Waals surface area contributed by atoms with Crippen molar-refractivity contribution in [3.63, 3.8) is 0 Å². The van der Waals surface area contributed by atoms with Crippen molar-refractivity contribution in [1.29, 1.82) is 0 Å². The first kappa shape index (κ1) is 26.0. The van der Waals surface area contributed by atoms with E-state index < -0.39 is 17.7 Å². The number of hydrazone groups is 1. The van der Waals surface area contributed by atoms with Crippen LogP contribution in [0.1, 0.15) is 25.3 Å². The van der Waals surface area contributed by atoms with Crippen LogP contribution in [0.5, 0.6) is 11.5 Å². The van der Waals surface area contributed by atoms with Gasteiger partial charge in [-0.3, -0.25) is 14.4 Å². The number of carbonyl (C=O) groups is 3. The third-order valence-electron chi connectivity index (χ3n) is 4.17. The highest BCUT2D eigenvalue weighted by atomic mass is 35.5. The van der Waals surface area contributed by atoms with E-state index >= 15 is 0 Å². The Bertz CT molecular complexity index is 1030. The van der Waals surface area contributed by atoms with Crippen LogP contribution in [0.25, 0.3) is 0 Å². The number of nitrogens with zero attached hydrogens (tertiary/aromatic N) is 1. The second-order valence-corrected chi connectivity index (χ2v) is 7.44. The molecule has 0 heterocycles. The Labute approximate surface area is 201 Å². The molecule has 33 heavy (non-hydrogen) atoms. The number of halogens is 2. The first-order chi connectivity index (χ1) is 15.8. The van der Waals surface area contributed by atoms with E-state index in [2.05, 4.69) is 21.2 Å². The van der Waals surface area contributed by atoms with Crippen molar-refractivity contribution in [1.82, 2.24) is 10.7 Å². The van der Waals surface area contributed by atoms with Gasteiger partial charge >= 0.3 is 11.8 Å². The number of carbonyl (C=O) groups excluding carboxylic acids is 3. The van der Waals surface area contributed by atoms with E-state index in [0.29, 0.717) is 34.3 Å². The summed E-state index contributed by atoms with van der Waals surface area (Å²) in [6, 6.07) is 9.71. The Morgan fingerprint density at radius 3 is 2.61 bits per heavy atom. The Hall–Kier alpha value is -3.30. The maximum atomic E-state index is 12.2. The zero-order chi connectivity index (χ0) is 24.2. The van der Waals surface area contributed by atoms with Crippen LogP contribution in [0, 0.1) is 0 Å². The number of amides is 3. The molecular weight excluding hydrogens is 471 g/mol. The molecule has 0 aromatic heterocycles. The fourth-order valence-corrected chi connectivity index (χ4v) is 2.84. The van der Waals surface area contributed by atoms with Crippen LogP contribution in [0.4, 0.5) is 5.69 Å². The lowest BCUT2D eigenvalue weighted by molar-refractivity contribution is -0.139. The Balaban J connectivity index is 1.91. The molecule has 2 rings (SSSR count). The smallest absolute Gasteiger partial charge is 0.329 e. The number of hydrogen-bond acceptors (Lipinski definition) is 6. The topological polar surface area (TPSA) is 118 Å². The standard InChI is InChI=1S/C22H24Cl2N4O5/c1-3-4-10-25-21(30)22(31)28-26-12-14-8-9-17(18(11-14)32-2)33-13-19(29)27-16-7-5-6-15(23)20(16)24/h5-9,11-12H,3-4,10,13H2,1-2H3,(H,25,30)(H,27,29)(H,28,31)/b26-12-. The van der Waals surface area contributed by atoms with Gasteiger partial charge in [0.15, 0.2) is 18.1 Å². The van der Waals surface area contributed by atoms with Gasteiger partial charge in [0.05, 0.1) is 29.1 Å². The van der Waals surface area contributed by atoms with Crippen LogP contribution in [0.2, 0.25) is 10.0 Å². The van der Waals surface area contributed by atoms with Crippen LogP contribution < -0.4 is 25.5 Å². The van der Waals surface area contributed by atoms with Gasteiger partial charge in [-0.25, -0.2) is 5.43 Å². The molecule has 176 valence electrons. The number of rotatable bonds is 10. The van der Waals surface area contributed by atoms with Crippen molar-refractivity contribution in [2.45, 2.75) is 19.8 Å². The normalized spacial score (nSPS) is 10.5. The fourth-order valence-electron chi connectivity index (χ4n) is 2.49. The van der Waals surface area contributed by atoms with E-state index in [1.165, 1.54) is 13.3 Å². The molecule has 0 saturated heterocycles. The summed E-state index contributed by atoms with van der Waals surface area (Å²) in [5.41, 5.74) is 3.10. The number of nitrogens with one attached hydrogen (secondary N) is 3. The summed E-state index contributed by atoms with van der Waals surface area (Å²) in [6.45, 7) is 2.11. The number of unbranched alkanes of at least 4 members (excludes halogenated alkanes) is 1. The molecule has 0 bridgehead atoms. The van der Waals surface area contributed by atoms with Gasteiger partial charge in [-0.2, -0.15) is 5.10 Å². The molecule has 0 atom stereocenters. The highest BCUT2D eigenvalue weighted by Crippen LogP contribution is 2.30. The molecule has 11 heteroatoms. The van der Waals surface area contributed by atoms with Crippen LogP contribution >= 0.6 is 23.2 Å². The maximum Gasteiger partial charge on any atom is 0.329 e. The van der Waals surface area contributed by atoms with Crippen molar-refractivity contribution in [3.05, 3.63) is 52.0 Å². The first-order valence-electron chi connectivity index (χ1n) is 10.0. The average Bonchev–Trinajstić information content (AvgIpc) is 2.81. The largest absolute Gasteiger partial charge is 0.493 e. The lowest BCUT2D eigenvalue weighted by Crippen LogP contribution is -2.38. The predicted octanol–water partition coefficient (Wildman–Crippen LogP) is 3.39. The number of methoxy groups -OCH3 is 1. The SMILES string of the molecule is CCCCNC(=O)C(=O)N/N=C\c1ccc(OCC(=O)Nc2cccc(Cl)c2Cl)c(OC)c1. The minimum Gasteiger partial charge on any atom is -0.493 e. The van der Waals surface area contributed by atoms with E-state index in [0.717, 1.165) is 12.8 Å². The molecule has 0 saturated carbocycles. The van der Waals surface area contributed by atoms with E-state index in [1.807, 2.05) is 6.92 Å². The Morgan fingerprint density at radius 1 is 1.09 bits per heavy atom. The van der Waals surface area contributed by atoms with Crippen LogP contribution in [0.3, 0.4) is 0 Å². The molecule has 0 aliphatic carbocycles. The van der Waals surface area contributed by atoms with E-state index in [9.17, 15) is 14.4 Å². The average molecular weight is 495 g/mol. The summed E-state index contributed by atoms with van der Waals surface area (Å²) < 4.78 is 10.8. The van der Waals surface area contributed by atoms with Gasteiger partial charge in [0.25, 0.3) is 5.91 Å². The number of anilines is 1. The summed E-state index contributed by atoms with van der Waals surface area (Å²) in [7, 11) is 1.44. The minimum absolute atomic E-state index is 0.235. The molecule has 0 fully saturated rings. The minimum atomic E-state index is -0.861. The van der Waals surface area contributed by atoms with Crippen LogP contribution in [-0.2, 0) is 14.4 Å². The molecule has 0 spiro atoms. The molecule has 2 aromatic carbocycles. The van der Waals surface area contributed by atoms with Gasteiger partial charge in [0.1, 0.15) is 0 Å². The van der Waals surface area contributed by atoms with Crippen LogP contribution in [-0.4, -0.2) is 44.2 Å². The van der Waals surface area contributed by atoms with Crippen molar-refractivity contribution >= 4 is 52.8 Å². The molecule has 3 amide bonds. The monoisotopic (exact) mass is 494 g/mol. The van der Waals surface area contributed by atoms with Crippen molar-refractivity contribution in [3.8, 4) is 11.5 Å². The van der Waals surface area contributed by atoms with E-state index in [1.54, 1.807) is 36.4 Å². The Morgan fingerprint density at radius 2 is 1.88 bits per heavy atom. The highest BCUT2D eigenvalue weighted by molar-refractivity contribution is 6.44. The number of benzene rings is 2. The predicted molar refractivity (Wildman–Crippen MR) is 127 cm³/mol. The van der Waals surface area contributed by atoms with Gasteiger partial charge < -0.3 is 20.1 Å². The summed E-state index contributed by atoms with van der Waals surface area (Å²) >= 11 is 12.0. The van der Waals surface area contributed by atoms with Crippen molar-refractivity contribution < 1.29 is 23.9 Å². The second-order valence-electron chi connectivity index (χ2n) is 6.66. The molecular formula is C22H24Cl2N4O5. The molecule has 2 aromatic rings. The van der Waals surface area contributed by atoms with Gasteiger partial charge in [0.2, 0.25) is 0 Å². The van der Waals surface area contributed by atoms with Crippen LogP contribution in [0.15, 0.2) is 41.5 Å². The third-order valence-corrected chi connectivity index (χ3v) is 4.99. The van der Waals surface area contributed by atoms with Gasteiger partial charge in [-0.15, -0.1) is 0 Å². The lowest BCUT2D eigenvalue weighted by Gasteiger charge is -2.12. The van der Waals surface area contributed by atoms with Gasteiger partial charge in [0, 0.05) is 6.54 Å². The van der Waals surface area contributed by atoms with Gasteiger partial charge in [-0.05, 0) is 42.3 Å². The summed E-state index contributed by atoms with van der Waals surface area (Å²) in [5, 5.41) is 9.43.